The van der Waals surface area contributed by atoms with Crippen LogP contribution >= 0.6 is 7.82 Å². The number of likely N-dealkylation sites (N-methyl/N-ethyl adjacent to an activating group) is 1. The maximum atomic E-state index is 12.7. The van der Waals surface area contributed by atoms with Crippen molar-refractivity contribution in [1.29, 1.82) is 0 Å². The number of esters is 2. The zero-order valence-corrected chi connectivity index (χ0v) is 39.0. The molecule has 1 N–H and O–H groups in total. The molecule has 0 bridgehead atoms. The zero-order valence-electron chi connectivity index (χ0n) is 38.1. The fourth-order valence-electron chi connectivity index (χ4n) is 5.26. The highest BCUT2D eigenvalue weighted by Gasteiger charge is 2.27. The highest BCUT2D eigenvalue weighted by molar-refractivity contribution is 7.47. The summed E-state index contributed by atoms with van der Waals surface area (Å²) in [7, 11) is 1.41. The first-order valence-corrected chi connectivity index (χ1v) is 24.1. The predicted molar refractivity (Wildman–Crippen MR) is 251 cm³/mol. The van der Waals surface area contributed by atoms with Gasteiger partial charge in [-0.25, -0.2) is 4.57 Å². The number of nitrogens with zero attached hydrogens (tertiary/aromatic N) is 1. The molecule has 0 amide bonds. The lowest BCUT2D eigenvalue weighted by Crippen LogP contribution is -2.37. The lowest BCUT2D eigenvalue weighted by molar-refractivity contribution is -0.870. The van der Waals surface area contributed by atoms with E-state index in [2.05, 4.69) is 123 Å². The van der Waals surface area contributed by atoms with Crippen LogP contribution in [0, 0.1) is 0 Å². The van der Waals surface area contributed by atoms with Crippen molar-refractivity contribution in [3.8, 4) is 0 Å². The average molecular weight is 857 g/mol. The lowest BCUT2D eigenvalue weighted by Gasteiger charge is -2.24. The van der Waals surface area contributed by atoms with E-state index < -0.39 is 32.5 Å². The summed E-state index contributed by atoms with van der Waals surface area (Å²) < 4.78 is 34.3. The molecule has 0 radical (unpaired) electrons. The van der Waals surface area contributed by atoms with Crippen molar-refractivity contribution in [2.24, 2.45) is 0 Å². The van der Waals surface area contributed by atoms with Crippen molar-refractivity contribution in [2.45, 2.75) is 148 Å². The summed E-state index contributed by atoms with van der Waals surface area (Å²) in [5, 5.41) is 0. The van der Waals surface area contributed by atoms with E-state index in [1.54, 1.807) is 0 Å². The van der Waals surface area contributed by atoms with Crippen LogP contribution in [0.15, 0.2) is 109 Å². The monoisotopic (exact) mass is 857 g/mol. The molecule has 10 heteroatoms. The third kappa shape index (κ3) is 44.2. The highest BCUT2D eigenvalue weighted by atomic mass is 31.2. The molecule has 0 spiro atoms. The van der Waals surface area contributed by atoms with E-state index in [1.165, 1.54) is 6.42 Å². The number of carbonyl (C=O) groups is 2. The molecule has 0 rings (SSSR count). The number of ether oxygens (including phenoxy) is 2. The molecule has 0 aromatic heterocycles. The van der Waals surface area contributed by atoms with Crippen LogP contribution in [0.5, 0.6) is 0 Å². The van der Waals surface area contributed by atoms with Crippen LogP contribution in [-0.4, -0.2) is 74.9 Å². The van der Waals surface area contributed by atoms with Gasteiger partial charge in [0.15, 0.2) is 6.10 Å². The van der Waals surface area contributed by atoms with Crippen molar-refractivity contribution >= 4 is 19.8 Å². The van der Waals surface area contributed by atoms with Crippen LogP contribution in [0.3, 0.4) is 0 Å². The number of carbonyl (C=O) groups excluding carboxylic acids is 2. The Morgan fingerprint density at radius 2 is 0.950 bits per heavy atom. The topological polar surface area (TPSA) is 108 Å². The Kier molecular flexibility index (Phi) is 38.8. The second kappa shape index (κ2) is 41.0. The van der Waals surface area contributed by atoms with Crippen molar-refractivity contribution in [3.05, 3.63) is 109 Å². The van der Waals surface area contributed by atoms with E-state index in [0.29, 0.717) is 23.9 Å². The van der Waals surface area contributed by atoms with Crippen molar-refractivity contribution in [3.63, 3.8) is 0 Å². The number of phosphoric acid groups is 1. The molecule has 0 aromatic rings. The molecular formula is C50H83NO8P+. The van der Waals surface area contributed by atoms with Gasteiger partial charge in [0, 0.05) is 12.8 Å². The van der Waals surface area contributed by atoms with Crippen LogP contribution in [0.4, 0.5) is 0 Å². The number of phosphoric ester groups is 1. The van der Waals surface area contributed by atoms with Crippen LogP contribution in [-0.2, 0) is 32.7 Å². The molecule has 340 valence electrons. The number of hydrogen-bond donors (Lipinski definition) is 1. The fraction of sp³-hybridized carbons (Fsp3) is 0.600. The first-order valence-electron chi connectivity index (χ1n) is 22.6. The minimum atomic E-state index is -4.40. The van der Waals surface area contributed by atoms with Crippen LogP contribution in [0.2, 0.25) is 0 Å². The van der Waals surface area contributed by atoms with Crippen LogP contribution in [0.25, 0.3) is 0 Å². The molecule has 0 saturated carbocycles. The number of rotatable bonds is 39. The SMILES string of the molecule is CC/C=C/C/C=C/C/C=C/C/C=C/C/C=C/CCCCCC(=O)OC[C@H](COP(=O)(O)OCC[N+](C)(C)C)OC(=O)CCCCC/C=C/C/C=C/C/C=C/C/C=C/CCC. The minimum absolute atomic E-state index is 0.0127. The van der Waals surface area contributed by atoms with Gasteiger partial charge in [-0.05, 0) is 96.3 Å². The molecule has 9 nitrogen and oxygen atoms in total. The van der Waals surface area contributed by atoms with Gasteiger partial charge in [0.1, 0.15) is 19.8 Å². The molecule has 0 saturated heterocycles. The summed E-state index contributed by atoms with van der Waals surface area (Å²) in [5.41, 5.74) is 0. The van der Waals surface area contributed by atoms with Gasteiger partial charge in [-0.15, -0.1) is 0 Å². The summed E-state index contributed by atoms with van der Waals surface area (Å²) in [6.45, 7) is 4.13. The Morgan fingerprint density at radius 3 is 1.38 bits per heavy atom. The summed E-state index contributed by atoms with van der Waals surface area (Å²) in [5.74, 6) is -0.886. The standard InChI is InChI=1S/C50H82NO8P/c1-6-8-10-12-14-16-18-20-22-24-25-27-28-30-32-34-36-38-40-42-49(52)56-46-48(47-58-60(54,55)57-45-44-51(3,4)5)59-50(53)43-41-39-37-35-33-31-29-26-23-21-19-17-15-13-11-9-7-2/h8,10-11,13-14,16-17,19-20,22-23,25-27,30-33,48H,6-7,9,12,15,18,21,24,28-29,34-47H2,1-5H3/p+1/b10-8+,13-11+,16-14+,19-17+,22-20+,26-23+,27-25+,32-30+,33-31+/t48-/m1/s1. The molecule has 0 aliphatic heterocycles. The summed E-state index contributed by atoms with van der Waals surface area (Å²) >= 11 is 0. The van der Waals surface area contributed by atoms with E-state index in [4.69, 9.17) is 18.5 Å². The summed E-state index contributed by atoms with van der Waals surface area (Å²) in [6, 6.07) is 0. The Hall–Kier alpha value is -3.33. The first-order chi connectivity index (χ1) is 29.0. The van der Waals surface area contributed by atoms with Gasteiger partial charge in [0.05, 0.1) is 27.7 Å². The van der Waals surface area contributed by atoms with Crippen LogP contribution in [0.1, 0.15) is 142 Å². The molecule has 0 aliphatic carbocycles. The highest BCUT2D eigenvalue weighted by Crippen LogP contribution is 2.43. The molecule has 2 atom stereocenters. The fourth-order valence-corrected chi connectivity index (χ4v) is 6.01. The smallest absolute Gasteiger partial charge is 0.462 e. The van der Waals surface area contributed by atoms with Gasteiger partial charge in [0.25, 0.3) is 0 Å². The van der Waals surface area contributed by atoms with E-state index in [-0.39, 0.29) is 26.1 Å². The Morgan fingerprint density at radius 1 is 0.533 bits per heavy atom. The van der Waals surface area contributed by atoms with Gasteiger partial charge in [-0.3, -0.25) is 18.6 Å². The second-order valence-electron chi connectivity index (χ2n) is 15.7. The largest absolute Gasteiger partial charge is 0.472 e. The molecule has 1 unspecified atom stereocenters. The Balaban J connectivity index is 4.49. The normalized spacial score (nSPS) is 14.6. The molecule has 0 aromatic carbocycles. The van der Waals surface area contributed by atoms with Crippen molar-refractivity contribution in [1.82, 2.24) is 0 Å². The van der Waals surface area contributed by atoms with Gasteiger partial charge < -0.3 is 18.9 Å². The molecule has 60 heavy (non-hydrogen) atoms. The van der Waals surface area contributed by atoms with E-state index in [9.17, 15) is 19.0 Å². The average Bonchev–Trinajstić information content (AvgIpc) is 3.20. The Bertz CT molecular complexity index is 1380. The quantitative estimate of drug-likeness (QED) is 0.0214. The van der Waals surface area contributed by atoms with E-state index >= 15 is 0 Å². The van der Waals surface area contributed by atoms with Gasteiger partial charge in [0.2, 0.25) is 0 Å². The van der Waals surface area contributed by atoms with Crippen molar-refractivity contribution in [2.75, 3.05) is 47.5 Å². The molecule has 0 fully saturated rings. The first kappa shape index (κ1) is 56.7. The van der Waals surface area contributed by atoms with Gasteiger partial charge in [-0.1, -0.05) is 142 Å². The van der Waals surface area contributed by atoms with Gasteiger partial charge in [-0.2, -0.15) is 0 Å². The maximum Gasteiger partial charge on any atom is 0.472 e. The van der Waals surface area contributed by atoms with Crippen LogP contribution < -0.4 is 0 Å². The maximum absolute atomic E-state index is 12.7. The number of quaternary nitrogens is 1. The molecule has 0 aliphatic rings. The predicted octanol–water partition coefficient (Wildman–Crippen LogP) is 13.1. The number of hydrogen-bond acceptors (Lipinski definition) is 7. The van der Waals surface area contributed by atoms with E-state index in [0.717, 1.165) is 96.3 Å². The Labute approximate surface area is 366 Å². The van der Waals surface area contributed by atoms with E-state index in [1.807, 2.05) is 21.1 Å². The minimum Gasteiger partial charge on any atom is -0.462 e. The second-order valence-corrected chi connectivity index (χ2v) is 17.1. The third-order valence-electron chi connectivity index (χ3n) is 8.77. The third-order valence-corrected chi connectivity index (χ3v) is 9.75. The van der Waals surface area contributed by atoms with Gasteiger partial charge >= 0.3 is 19.8 Å². The lowest BCUT2D eigenvalue weighted by atomic mass is 10.1. The zero-order chi connectivity index (χ0) is 44.3. The number of unbranched alkanes of at least 4 members (excludes halogenated alkanes) is 7. The molecule has 0 heterocycles. The van der Waals surface area contributed by atoms with Crippen molar-refractivity contribution < 1.29 is 42.1 Å². The summed E-state index contributed by atoms with van der Waals surface area (Å²) in [6.07, 6.45) is 55.6. The summed E-state index contributed by atoms with van der Waals surface area (Å²) in [4.78, 5) is 35.4. The molecular weight excluding hydrogens is 774 g/mol. The number of allylic oxidation sites excluding steroid dienone is 18.